The average molecular weight is 335 g/mol. The lowest BCUT2D eigenvalue weighted by Gasteiger charge is -2.56. The molecule has 5 rings (SSSR count). The molecule has 25 heavy (non-hydrogen) atoms. The summed E-state index contributed by atoms with van der Waals surface area (Å²) < 4.78 is 0. The van der Waals surface area contributed by atoms with Crippen LogP contribution in [0.2, 0.25) is 0 Å². The minimum Gasteiger partial charge on any atom is -0.338 e. The third-order valence-electron chi connectivity index (χ3n) is 7.38. The molecule has 0 aromatic heterocycles. The maximum atomic E-state index is 2.62. The smallest absolute Gasteiger partial charge is 0.0893 e. The van der Waals surface area contributed by atoms with E-state index >= 15 is 0 Å². The number of hydrogen-bond donors (Lipinski definition) is 0. The Labute approximate surface area is 152 Å². The maximum Gasteiger partial charge on any atom is 0.0893 e. The van der Waals surface area contributed by atoms with Crippen molar-refractivity contribution < 1.29 is 0 Å². The Bertz CT molecular complexity index is 834. The van der Waals surface area contributed by atoms with Gasteiger partial charge >= 0.3 is 0 Å². The van der Waals surface area contributed by atoms with E-state index in [0.29, 0.717) is 5.92 Å². The first kappa shape index (κ1) is 15.7. The minimum atomic E-state index is 0.00319. The van der Waals surface area contributed by atoms with Crippen LogP contribution in [-0.4, -0.2) is 35.5 Å². The largest absolute Gasteiger partial charge is 0.338 e. The Balaban J connectivity index is 1.83. The van der Waals surface area contributed by atoms with Gasteiger partial charge in [-0.1, -0.05) is 50.6 Å². The van der Waals surface area contributed by atoms with Crippen LogP contribution in [0.25, 0.3) is 0 Å². The molecule has 2 heteroatoms. The SMILES string of the molecule is CC1C=CC2(C)C=CN3C4=C(CN(C)CC4)C4=CC(C)(C)C1=C2C43C. The Morgan fingerprint density at radius 2 is 1.88 bits per heavy atom. The molecule has 0 radical (unpaired) electrons. The van der Waals surface area contributed by atoms with Crippen LogP contribution in [0.1, 0.15) is 41.0 Å². The summed E-state index contributed by atoms with van der Waals surface area (Å²) in [6, 6.07) is 0. The van der Waals surface area contributed by atoms with E-state index in [1.807, 2.05) is 0 Å². The van der Waals surface area contributed by atoms with Gasteiger partial charge in [0.05, 0.1) is 5.54 Å². The summed E-state index contributed by atoms with van der Waals surface area (Å²) in [7, 11) is 2.26. The molecular formula is C23H30N2. The van der Waals surface area contributed by atoms with Crippen molar-refractivity contribution in [2.45, 2.75) is 46.6 Å². The van der Waals surface area contributed by atoms with E-state index in [4.69, 9.17) is 0 Å². The molecule has 0 aromatic carbocycles. The van der Waals surface area contributed by atoms with Crippen molar-refractivity contribution in [3.63, 3.8) is 0 Å². The van der Waals surface area contributed by atoms with E-state index in [1.54, 1.807) is 28.0 Å². The lowest BCUT2D eigenvalue weighted by Crippen LogP contribution is -2.53. The summed E-state index contributed by atoms with van der Waals surface area (Å²) in [6.45, 7) is 14.4. The third kappa shape index (κ3) is 1.70. The normalized spacial score (nSPS) is 41.1. The van der Waals surface area contributed by atoms with Gasteiger partial charge in [-0.05, 0) is 43.5 Å². The van der Waals surface area contributed by atoms with Crippen LogP contribution in [0, 0.1) is 16.7 Å². The van der Waals surface area contributed by atoms with Crippen molar-refractivity contribution in [1.82, 2.24) is 9.80 Å². The zero-order valence-corrected chi connectivity index (χ0v) is 16.5. The predicted molar refractivity (Wildman–Crippen MR) is 104 cm³/mol. The predicted octanol–water partition coefficient (Wildman–Crippen LogP) is 4.65. The zero-order valence-electron chi connectivity index (χ0n) is 16.5. The molecule has 2 nitrogen and oxygen atoms in total. The molecule has 0 amide bonds. The van der Waals surface area contributed by atoms with Gasteiger partial charge in [0, 0.05) is 42.2 Å². The van der Waals surface area contributed by atoms with Crippen molar-refractivity contribution in [2.75, 3.05) is 20.1 Å². The maximum absolute atomic E-state index is 2.62. The Morgan fingerprint density at radius 1 is 1.12 bits per heavy atom. The number of likely N-dealkylation sites (N-methyl/N-ethyl adjacent to an activating group) is 1. The number of rotatable bonds is 0. The van der Waals surface area contributed by atoms with Crippen molar-refractivity contribution >= 4 is 0 Å². The fraction of sp³-hybridized carbons (Fsp3) is 0.565. The van der Waals surface area contributed by atoms with Crippen LogP contribution < -0.4 is 0 Å². The molecule has 3 heterocycles. The molecule has 2 aliphatic carbocycles. The second-order valence-electron chi connectivity index (χ2n) is 9.67. The van der Waals surface area contributed by atoms with E-state index in [2.05, 4.69) is 82.0 Å². The van der Waals surface area contributed by atoms with Crippen LogP contribution in [0.15, 0.2) is 58.5 Å². The van der Waals surface area contributed by atoms with Gasteiger partial charge in [-0.15, -0.1) is 0 Å². The first-order chi connectivity index (χ1) is 11.7. The third-order valence-corrected chi connectivity index (χ3v) is 7.38. The van der Waals surface area contributed by atoms with Crippen LogP contribution >= 0.6 is 0 Å². The monoisotopic (exact) mass is 334 g/mol. The van der Waals surface area contributed by atoms with Crippen LogP contribution in [-0.2, 0) is 0 Å². The number of fused-ring (bicyclic) bond motifs is 2. The lowest BCUT2D eigenvalue weighted by atomic mass is 9.54. The van der Waals surface area contributed by atoms with Gasteiger partial charge in [-0.25, -0.2) is 0 Å². The van der Waals surface area contributed by atoms with Gasteiger partial charge < -0.3 is 9.80 Å². The lowest BCUT2D eigenvalue weighted by molar-refractivity contribution is 0.237. The molecule has 0 bridgehead atoms. The van der Waals surface area contributed by atoms with E-state index < -0.39 is 0 Å². The Hall–Kier alpha value is -1.54. The van der Waals surface area contributed by atoms with Crippen LogP contribution in [0.3, 0.4) is 0 Å². The molecule has 0 saturated heterocycles. The standard InChI is InChI=1S/C23H30N2/c1-15-7-9-22(4)10-12-25-18-8-11-24(6)14-16(18)17-13-21(2,3)19(15)20(22)23(17,25)5/h7,9-10,12-13,15H,8,11,14H2,1-6H3. The van der Waals surface area contributed by atoms with Gasteiger partial charge in [-0.2, -0.15) is 0 Å². The second kappa shape index (κ2) is 4.40. The molecular weight excluding hydrogens is 304 g/mol. The second-order valence-corrected chi connectivity index (χ2v) is 9.67. The summed E-state index contributed by atoms with van der Waals surface area (Å²) in [5.74, 6) is 0.515. The Kier molecular flexibility index (Phi) is 2.77. The highest BCUT2D eigenvalue weighted by molar-refractivity contribution is 5.67. The van der Waals surface area contributed by atoms with Gasteiger partial charge in [0.25, 0.3) is 0 Å². The first-order valence-electron chi connectivity index (χ1n) is 9.76. The highest BCUT2D eigenvalue weighted by Crippen LogP contribution is 2.64. The molecule has 0 fully saturated rings. The zero-order chi connectivity index (χ0) is 17.8. The molecule has 0 saturated carbocycles. The minimum absolute atomic E-state index is 0.00319. The first-order valence-corrected chi connectivity index (χ1v) is 9.76. The number of nitrogens with zero attached hydrogens (tertiary/aromatic N) is 2. The topological polar surface area (TPSA) is 6.48 Å². The van der Waals surface area contributed by atoms with Crippen molar-refractivity contribution in [3.05, 3.63) is 58.5 Å². The van der Waals surface area contributed by atoms with Crippen LogP contribution in [0.5, 0.6) is 0 Å². The van der Waals surface area contributed by atoms with Gasteiger partial charge in [0.15, 0.2) is 0 Å². The summed E-state index contributed by atoms with van der Waals surface area (Å²) in [5.41, 5.74) is 8.20. The molecule has 3 unspecified atom stereocenters. The molecule has 0 N–H and O–H groups in total. The Morgan fingerprint density at radius 3 is 2.64 bits per heavy atom. The summed E-state index contributed by atoms with van der Waals surface area (Å²) in [4.78, 5) is 5.10. The molecule has 0 aromatic rings. The molecule has 3 aliphatic heterocycles. The molecule has 5 aliphatic rings. The van der Waals surface area contributed by atoms with Crippen LogP contribution in [0.4, 0.5) is 0 Å². The highest BCUT2D eigenvalue weighted by atomic mass is 15.3. The molecule has 132 valence electrons. The van der Waals surface area contributed by atoms with Crippen molar-refractivity contribution in [3.8, 4) is 0 Å². The molecule has 3 atom stereocenters. The summed E-state index contributed by atoms with van der Waals surface area (Å²) in [5, 5.41) is 0. The van der Waals surface area contributed by atoms with E-state index in [9.17, 15) is 0 Å². The fourth-order valence-electron chi connectivity index (χ4n) is 6.35. The van der Waals surface area contributed by atoms with E-state index in [-0.39, 0.29) is 16.4 Å². The summed E-state index contributed by atoms with van der Waals surface area (Å²) in [6.07, 6.45) is 13.5. The van der Waals surface area contributed by atoms with Crippen molar-refractivity contribution in [1.29, 1.82) is 0 Å². The molecule has 0 spiro atoms. The van der Waals surface area contributed by atoms with Gasteiger partial charge in [-0.3, -0.25) is 0 Å². The highest BCUT2D eigenvalue weighted by Gasteiger charge is 2.59. The number of allylic oxidation sites excluding steroid dienone is 5. The van der Waals surface area contributed by atoms with Gasteiger partial charge in [0.1, 0.15) is 0 Å². The van der Waals surface area contributed by atoms with E-state index in [0.717, 1.165) is 19.5 Å². The quantitative estimate of drug-likeness (QED) is 0.595. The number of hydrogen-bond acceptors (Lipinski definition) is 2. The fourth-order valence-corrected chi connectivity index (χ4v) is 6.35. The van der Waals surface area contributed by atoms with Gasteiger partial charge in [0.2, 0.25) is 0 Å². The van der Waals surface area contributed by atoms with Crippen molar-refractivity contribution in [2.24, 2.45) is 16.7 Å². The average Bonchev–Trinajstić information content (AvgIpc) is 2.76. The summed E-state index contributed by atoms with van der Waals surface area (Å²) >= 11 is 0. The van der Waals surface area contributed by atoms with E-state index in [1.165, 1.54) is 0 Å².